The number of hydrogen-bond acceptors (Lipinski definition) is 4. The first-order valence-corrected chi connectivity index (χ1v) is 5.35. The van der Waals surface area contributed by atoms with Gasteiger partial charge in [-0.1, -0.05) is 5.16 Å². The Morgan fingerprint density at radius 1 is 1.11 bits per heavy atom. The van der Waals surface area contributed by atoms with Crippen LogP contribution >= 0.6 is 37.2 Å². The van der Waals surface area contributed by atoms with Crippen LogP contribution in [0.2, 0.25) is 0 Å². The second kappa shape index (κ2) is 9.97. The molecule has 1 aliphatic heterocycles. The summed E-state index contributed by atoms with van der Waals surface area (Å²) in [6, 6.07) is 7.73. The van der Waals surface area contributed by atoms with E-state index in [4.69, 9.17) is 10.9 Å². The third-order valence-corrected chi connectivity index (χ3v) is 2.75. The summed E-state index contributed by atoms with van der Waals surface area (Å²) < 4.78 is 0. The van der Waals surface area contributed by atoms with Gasteiger partial charge in [0.25, 0.3) is 0 Å². The van der Waals surface area contributed by atoms with Crippen LogP contribution in [0.4, 0.5) is 5.69 Å². The maximum absolute atomic E-state index is 8.55. The fourth-order valence-electron chi connectivity index (χ4n) is 1.82. The number of halogens is 3. The summed E-state index contributed by atoms with van der Waals surface area (Å²) in [5.74, 6) is 0.145. The first-order chi connectivity index (χ1) is 7.81. The minimum Gasteiger partial charge on any atom is -0.409 e. The minimum absolute atomic E-state index is 0. The van der Waals surface area contributed by atoms with Crippen molar-refractivity contribution in [1.29, 1.82) is 0 Å². The van der Waals surface area contributed by atoms with Gasteiger partial charge in [-0.25, -0.2) is 0 Å². The van der Waals surface area contributed by atoms with E-state index in [2.05, 4.69) is 15.4 Å². The summed E-state index contributed by atoms with van der Waals surface area (Å²) in [6.45, 7) is 4.07. The predicted octanol–water partition coefficient (Wildman–Crippen LogP) is 1.46. The SMILES string of the molecule is Cl.Cl.Cl.NC(=NO)c1ccc(N2CCNCC2)cc1. The maximum atomic E-state index is 8.55. The van der Waals surface area contributed by atoms with Crippen molar-refractivity contribution in [2.75, 3.05) is 31.1 Å². The van der Waals surface area contributed by atoms with Crippen LogP contribution in [-0.2, 0) is 0 Å². The van der Waals surface area contributed by atoms with E-state index in [0.29, 0.717) is 0 Å². The van der Waals surface area contributed by atoms with E-state index in [0.717, 1.165) is 31.7 Å². The molecule has 1 aromatic carbocycles. The summed E-state index contributed by atoms with van der Waals surface area (Å²) in [4.78, 5) is 2.31. The van der Waals surface area contributed by atoms with Crippen LogP contribution < -0.4 is 16.0 Å². The van der Waals surface area contributed by atoms with Gasteiger partial charge in [-0.05, 0) is 24.3 Å². The molecule has 8 heteroatoms. The van der Waals surface area contributed by atoms with Crippen LogP contribution in [0.5, 0.6) is 0 Å². The minimum atomic E-state index is 0. The lowest BCUT2D eigenvalue weighted by Gasteiger charge is -2.29. The highest BCUT2D eigenvalue weighted by molar-refractivity contribution is 5.97. The molecule has 1 heterocycles. The molecule has 1 saturated heterocycles. The highest BCUT2D eigenvalue weighted by Crippen LogP contribution is 2.15. The molecule has 110 valence electrons. The van der Waals surface area contributed by atoms with E-state index in [-0.39, 0.29) is 43.1 Å². The third kappa shape index (κ3) is 5.32. The van der Waals surface area contributed by atoms with Crippen LogP contribution in [0, 0.1) is 0 Å². The van der Waals surface area contributed by atoms with E-state index in [1.54, 1.807) is 0 Å². The summed E-state index contributed by atoms with van der Waals surface area (Å²) in [5, 5.41) is 14.8. The average molecular weight is 330 g/mol. The molecular weight excluding hydrogens is 311 g/mol. The molecule has 5 nitrogen and oxygen atoms in total. The van der Waals surface area contributed by atoms with E-state index >= 15 is 0 Å². The summed E-state index contributed by atoms with van der Waals surface area (Å²) >= 11 is 0. The standard InChI is InChI=1S/C11H16N4O.3ClH/c12-11(14-16)9-1-3-10(4-2-9)15-7-5-13-6-8-15;;;/h1-4,13,16H,5-8H2,(H2,12,14);3*1H. The molecule has 0 aliphatic carbocycles. The molecule has 0 spiro atoms. The van der Waals surface area contributed by atoms with Crippen LogP contribution in [0.25, 0.3) is 0 Å². The average Bonchev–Trinajstić information content (AvgIpc) is 2.39. The molecule has 0 atom stereocenters. The molecule has 0 aromatic heterocycles. The molecule has 1 fully saturated rings. The Labute approximate surface area is 131 Å². The van der Waals surface area contributed by atoms with E-state index in [1.165, 1.54) is 5.69 Å². The van der Waals surface area contributed by atoms with Gasteiger partial charge in [-0.2, -0.15) is 0 Å². The van der Waals surface area contributed by atoms with Crippen molar-refractivity contribution >= 4 is 48.7 Å². The number of benzene rings is 1. The van der Waals surface area contributed by atoms with Gasteiger partial charge in [-0.15, -0.1) is 37.2 Å². The Hall–Kier alpha value is -0.880. The van der Waals surface area contributed by atoms with Crippen LogP contribution in [0.3, 0.4) is 0 Å². The topological polar surface area (TPSA) is 73.9 Å². The fraction of sp³-hybridized carbons (Fsp3) is 0.364. The molecule has 1 aliphatic rings. The lowest BCUT2D eigenvalue weighted by molar-refractivity contribution is 0.318. The third-order valence-electron chi connectivity index (χ3n) is 2.75. The van der Waals surface area contributed by atoms with E-state index in [1.807, 2.05) is 24.3 Å². The maximum Gasteiger partial charge on any atom is 0.170 e. The Kier molecular flexibility index (Phi) is 10.7. The molecular formula is C11H19Cl3N4O. The second-order valence-electron chi connectivity index (χ2n) is 3.77. The number of nitrogens with zero attached hydrogens (tertiary/aromatic N) is 2. The highest BCUT2D eigenvalue weighted by atomic mass is 35.5. The van der Waals surface area contributed by atoms with Crippen LogP contribution in [0.15, 0.2) is 29.4 Å². The number of nitrogens with one attached hydrogen (secondary N) is 1. The second-order valence-corrected chi connectivity index (χ2v) is 3.77. The zero-order chi connectivity index (χ0) is 11.4. The van der Waals surface area contributed by atoms with Crippen molar-refractivity contribution < 1.29 is 5.21 Å². The normalized spacial score (nSPS) is 14.7. The Morgan fingerprint density at radius 2 is 1.63 bits per heavy atom. The Balaban J connectivity index is 0. The van der Waals surface area contributed by atoms with Crippen LogP contribution in [-0.4, -0.2) is 37.2 Å². The Bertz CT molecular complexity index is 380. The molecule has 19 heavy (non-hydrogen) atoms. The van der Waals surface area contributed by atoms with Crippen molar-refractivity contribution in [3.63, 3.8) is 0 Å². The number of rotatable bonds is 2. The first kappa shape index (κ1) is 20.4. The van der Waals surface area contributed by atoms with Gasteiger partial charge in [-0.3, -0.25) is 0 Å². The van der Waals surface area contributed by atoms with Gasteiger partial charge < -0.3 is 21.2 Å². The molecule has 0 saturated carbocycles. The van der Waals surface area contributed by atoms with E-state index in [9.17, 15) is 0 Å². The summed E-state index contributed by atoms with van der Waals surface area (Å²) in [6.07, 6.45) is 0. The summed E-state index contributed by atoms with van der Waals surface area (Å²) in [5.41, 5.74) is 7.41. The zero-order valence-corrected chi connectivity index (χ0v) is 12.7. The zero-order valence-electron chi connectivity index (χ0n) is 10.3. The molecule has 0 radical (unpaired) electrons. The largest absolute Gasteiger partial charge is 0.409 e. The number of oxime groups is 1. The molecule has 0 unspecified atom stereocenters. The van der Waals surface area contributed by atoms with Gasteiger partial charge in [0.2, 0.25) is 0 Å². The van der Waals surface area contributed by atoms with Gasteiger partial charge >= 0.3 is 0 Å². The fourth-order valence-corrected chi connectivity index (χ4v) is 1.82. The van der Waals surface area contributed by atoms with Crippen molar-refractivity contribution in [1.82, 2.24) is 5.32 Å². The molecule has 4 N–H and O–H groups in total. The van der Waals surface area contributed by atoms with E-state index < -0.39 is 0 Å². The molecule has 0 bridgehead atoms. The van der Waals surface area contributed by atoms with Gasteiger partial charge in [0, 0.05) is 37.4 Å². The Morgan fingerprint density at radius 3 is 2.11 bits per heavy atom. The lowest BCUT2D eigenvalue weighted by Crippen LogP contribution is -2.43. The van der Waals surface area contributed by atoms with Gasteiger partial charge in [0.1, 0.15) is 0 Å². The number of hydrogen-bond donors (Lipinski definition) is 3. The van der Waals surface area contributed by atoms with Crippen LogP contribution in [0.1, 0.15) is 5.56 Å². The highest BCUT2D eigenvalue weighted by Gasteiger charge is 2.10. The molecule has 0 amide bonds. The van der Waals surface area contributed by atoms with Gasteiger partial charge in [0.15, 0.2) is 5.84 Å². The monoisotopic (exact) mass is 328 g/mol. The van der Waals surface area contributed by atoms with Crippen molar-refractivity contribution in [3.8, 4) is 0 Å². The summed E-state index contributed by atoms with van der Waals surface area (Å²) in [7, 11) is 0. The first-order valence-electron chi connectivity index (χ1n) is 5.35. The lowest BCUT2D eigenvalue weighted by atomic mass is 10.1. The predicted molar refractivity (Wildman–Crippen MR) is 85.8 cm³/mol. The van der Waals surface area contributed by atoms with Crippen molar-refractivity contribution in [2.24, 2.45) is 10.9 Å². The molecule has 1 aromatic rings. The molecule has 2 rings (SSSR count). The van der Waals surface area contributed by atoms with Gasteiger partial charge in [0.05, 0.1) is 0 Å². The van der Waals surface area contributed by atoms with Crippen molar-refractivity contribution in [2.45, 2.75) is 0 Å². The quantitative estimate of drug-likeness (QED) is 0.332. The smallest absolute Gasteiger partial charge is 0.170 e. The number of anilines is 1. The number of piperazine rings is 1. The van der Waals surface area contributed by atoms with Crippen molar-refractivity contribution in [3.05, 3.63) is 29.8 Å². The number of nitrogens with two attached hydrogens (primary N) is 1. The number of amidine groups is 1.